The van der Waals surface area contributed by atoms with Crippen molar-refractivity contribution in [1.82, 2.24) is 24.8 Å². The van der Waals surface area contributed by atoms with Gasteiger partial charge in [0.25, 0.3) is 0 Å². The lowest BCUT2D eigenvalue weighted by atomic mass is 10.1. The molecule has 1 aliphatic rings. The smallest absolute Gasteiger partial charge is 0.223 e. The molecule has 7 heteroatoms. The molecule has 1 fully saturated rings. The molecular weight excluding hydrogens is 367 g/mol. The lowest BCUT2D eigenvalue weighted by Crippen LogP contribution is -2.35. The molecule has 6 nitrogen and oxygen atoms in total. The first-order valence-electron chi connectivity index (χ1n) is 9.94. The van der Waals surface area contributed by atoms with Gasteiger partial charge in [-0.1, -0.05) is 6.08 Å². The fraction of sp³-hybridized carbons (Fsp3) is 0.318. The lowest BCUT2D eigenvalue weighted by Gasteiger charge is -2.23. The molecule has 2 N–H and O–H groups in total. The number of hydrogen-bond donors (Lipinski definition) is 2. The molecule has 0 atom stereocenters. The fourth-order valence-corrected chi connectivity index (χ4v) is 3.64. The van der Waals surface area contributed by atoms with Gasteiger partial charge >= 0.3 is 0 Å². The van der Waals surface area contributed by atoms with E-state index in [0.717, 1.165) is 54.4 Å². The zero-order valence-corrected chi connectivity index (χ0v) is 16.7. The van der Waals surface area contributed by atoms with E-state index in [1.54, 1.807) is 18.3 Å². The van der Waals surface area contributed by atoms with Crippen LogP contribution in [-0.4, -0.2) is 38.7 Å². The second-order valence-corrected chi connectivity index (χ2v) is 7.15. The Hall–Kier alpha value is -3.06. The van der Waals surface area contributed by atoms with E-state index in [4.69, 9.17) is 9.97 Å². The first-order chi connectivity index (χ1) is 14.2. The van der Waals surface area contributed by atoms with Crippen LogP contribution in [0.5, 0.6) is 0 Å². The van der Waals surface area contributed by atoms with Gasteiger partial charge < -0.3 is 15.2 Å². The monoisotopic (exact) mass is 392 g/mol. The van der Waals surface area contributed by atoms with Crippen molar-refractivity contribution in [3.63, 3.8) is 0 Å². The summed E-state index contributed by atoms with van der Waals surface area (Å²) in [4.78, 5) is 14.0. The summed E-state index contributed by atoms with van der Waals surface area (Å²) in [5.74, 6) is 1.18. The van der Waals surface area contributed by atoms with Gasteiger partial charge in [0.1, 0.15) is 11.6 Å². The second-order valence-electron chi connectivity index (χ2n) is 7.15. The van der Waals surface area contributed by atoms with E-state index in [1.165, 1.54) is 12.1 Å². The molecule has 3 heterocycles. The number of piperidine rings is 1. The van der Waals surface area contributed by atoms with E-state index in [2.05, 4.69) is 15.6 Å². The summed E-state index contributed by atoms with van der Waals surface area (Å²) in [7, 11) is 0. The van der Waals surface area contributed by atoms with E-state index in [0.29, 0.717) is 12.0 Å². The highest BCUT2D eigenvalue weighted by Gasteiger charge is 2.20. The zero-order valence-electron chi connectivity index (χ0n) is 16.7. The Morgan fingerprint density at radius 2 is 1.90 bits per heavy atom. The second kappa shape index (κ2) is 8.53. The molecule has 0 spiro atoms. The maximum atomic E-state index is 13.4. The van der Waals surface area contributed by atoms with E-state index < -0.39 is 0 Å². The summed E-state index contributed by atoms with van der Waals surface area (Å²) in [5.41, 5.74) is 3.25. The number of benzene rings is 1. The topological polar surface area (TPSA) is 67.7 Å². The number of aromatic nitrogens is 4. The maximum absolute atomic E-state index is 13.4. The standard InChI is InChI=1S/C22H25FN6/c1-3-14-29-15(2)26-20(16-4-6-17(23)7-5-16)21(29)19-10-13-25-22(28-19)27-18-8-11-24-12-9-18/h3-7,10,13-14,18,24H,8-9,11-12H2,1-2H3,(H,25,27,28)/b14-3-. The van der Waals surface area contributed by atoms with Crippen molar-refractivity contribution in [2.45, 2.75) is 32.7 Å². The van der Waals surface area contributed by atoms with Gasteiger partial charge in [-0.3, -0.25) is 0 Å². The summed E-state index contributed by atoms with van der Waals surface area (Å²) in [6.07, 6.45) is 7.78. The van der Waals surface area contributed by atoms with E-state index in [9.17, 15) is 4.39 Å². The third-order valence-electron chi connectivity index (χ3n) is 5.07. The van der Waals surface area contributed by atoms with Crippen LogP contribution in [0.4, 0.5) is 10.3 Å². The quantitative estimate of drug-likeness (QED) is 0.684. The number of rotatable bonds is 5. The number of imidazole rings is 1. The minimum absolute atomic E-state index is 0.268. The van der Waals surface area contributed by atoms with Crippen LogP contribution in [-0.2, 0) is 0 Å². The Balaban J connectivity index is 1.77. The summed E-state index contributed by atoms with van der Waals surface area (Å²) < 4.78 is 15.4. The highest BCUT2D eigenvalue weighted by Crippen LogP contribution is 2.32. The minimum Gasteiger partial charge on any atom is -0.351 e. The lowest BCUT2D eigenvalue weighted by molar-refractivity contribution is 0.477. The number of nitrogens with one attached hydrogen (secondary N) is 2. The first-order valence-corrected chi connectivity index (χ1v) is 9.94. The zero-order chi connectivity index (χ0) is 20.2. The highest BCUT2D eigenvalue weighted by molar-refractivity contribution is 5.79. The average Bonchev–Trinajstić information content (AvgIpc) is 3.06. The number of nitrogens with zero attached hydrogens (tertiary/aromatic N) is 4. The van der Waals surface area contributed by atoms with Crippen molar-refractivity contribution >= 4 is 12.1 Å². The molecule has 0 bridgehead atoms. The van der Waals surface area contributed by atoms with Gasteiger partial charge in [-0.25, -0.2) is 19.3 Å². The van der Waals surface area contributed by atoms with Crippen molar-refractivity contribution in [3.05, 3.63) is 54.2 Å². The van der Waals surface area contributed by atoms with Crippen molar-refractivity contribution in [2.75, 3.05) is 18.4 Å². The predicted molar refractivity (Wildman–Crippen MR) is 114 cm³/mol. The SMILES string of the molecule is C/C=C\n1c(C)nc(-c2ccc(F)cc2)c1-c1ccnc(NC2CCNCC2)n1. The molecule has 0 amide bonds. The highest BCUT2D eigenvalue weighted by atomic mass is 19.1. The van der Waals surface area contributed by atoms with Crippen LogP contribution in [0.1, 0.15) is 25.6 Å². The van der Waals surface area contributed by atoms with Gasteiger partial charge in [0.05, 0.1) is 17.1 Å². The van der Waals surface area contributed by atoms with Crippen LogP contribution >= 0.6 is 0 Å². The minimum atomic E-state index is -0.268. The van der Waals surface area contributed by atoms with Crippen molar-refractivity contribution < 1.29 is 4.39 Å². The van der Waals surface area contributed by atoms with Crippen LogP contribution in [0.25, 0.3) is 28.8 Å². The van der Waals surface area contributed by atoms with Crippen LogP contribution < -0.4 is 10.6 Å². The van der Waals surface area contributed by atoms with Gasteiger partial charge in [0, 0.05) is 24.0 Å². The molecule has 1 aromatic carbocycles. The van der Waals surface area contributed by atoms with Crippen LogP contribution in [0.3, 0.4) is 0 Å². The largest absolute Gasteiger partial charge is 0.351 e. The van der Waals surface area contributed by atoms with Gasteiger partial charge in [-0.15, -0.1) is 0 Å². The van der Waals surface area contributed by atoms with Gasteiger partial charge in [0.2, 0.25) is 5.95 Å². The van der Waals surface area contributed by atoms with Gasteiger partial charge in [0.15, 0.2) is 0 Å². The van der Waals surface area contributed by atoms with E-state index >= 15 is 0 Å². The summed E-state index contributed by atoms with van der Waals surface area (Å²) >= 11 is 0. The Kier molecular flexibility index (Phi) is 5.67. The molecule has 0 radical (unpaired) electrons. The molecule has 4 rings (SSSR count). The number of allylic oxidation sites excluding steroid dienone is 1. The van der Waals surface area contributed by atoms with Crippen molar-refractivity contribution in [1.29, 1.82) is 0 Å². The molecule has 3 aromatic rings. The molecule has 0 aliphatic carbocycles. The Bertz CT molecular complexity index is 1000. The summed E-state index contributed by atoms with van der Waals surface area (Å²) in [6.45, 7) is 5.91. The van der Waals surface area contributed by atoms with Crippen LogP contribution in [0, 0.1) is 12.7 Å². The molecule has 1 saturated heterocycles. The molecule has 2 aromatic heterocycles. The third kappa shape index (κ3) is 4.19. The van der Waals surface area contributed by atoms with Crippen LogP contribution in [0.2, 0.25) is 0 Å². The Morgan fingerprint density at radius 3 is 2.62 bits per heavy atom. The molecule has 0 unspecified atom stereocenters. The fourth-order valence-electron chi connectivity index (χ4n) is 3.64. The molecule has 29 heavy (non-hydrogen) atoms. The Morgan fingerprint density at radius 1 is 1.14 bits per heavy atom. The first kappa shape index (κ1) is 19.3. The molecular formula is C22H25FN6. The number of anilines is 1. The molecule has 0 saturated carbocycles. The van der Waals surface area contributed by atoms with E-state index in [-0.39, 0.29) is 5.82 Å². The van der Waals surface area contributed by atoms with E-state index in [1.807, 2.05) is 36.8 Å². The summed E-state index contributed by atoms with van der Waals surface area (Å²) in [6, 6.07) is 8.65. The predicted octanol–water partition coefficient (Wildman–Crippen LogP) is 4.11. The maximum Gasteiger partial charge on any atom is 0.223 e. The summed E-state index contributed by atoms with van der Waals surface area (Å²) in [5, 5.41) is 6.82. The number of hydrogen-bond acceptors (Lipinski definition) is 5. The number of aryl methyl sites for hydroxylation is 1. The van der Waals surface area contributed by atoms with Crippen molar-refractivity contribution in [3.8, 4) is 22.6 Å². The normalized spacial score (nSPS) is 15.1. The Labute approximate surface area is 169 Å². The van der Waals surface area contributed by atoms with Crippen LogP contribution in [0.15, 0.2) is 42.6 Å². The third-order valence-corrected chi connectivity index (χ3v) is 5.07. The molecule has 1 aliphatic heterocycles. The van der Waals surface area contributed by atoms with Crippen molar-refractivity contribution in [2.24, 2.45) is 0 Å². The molecule has 150 valence electrons. The average molecular weight is 392 g/mol. The van der Waals surface area contributed by atoms with Gasteiger partial charge in [-0.05, 0) is 70.1 Å². The number of halogens is 1. The van der Waals surface area contributed by atoms with Gasteiger partial charge in [-0.2, -0.15) is 0 Å².